The second kappa shape index (κ2) is 6.69. The Morgan fingerprint density at radius 1 is 1.04 bits per heavy atom. The predicted octanol–water partition coefficient (Wildman–Crippen LogP) is 4.92. The van der Waals surface area contributed by atoms with Gasteiger partial charge in [-0.3, -0.25) is 4.79 Å². The van der Waals surface area contributed by atoms with E-state index >= 15 is 0 Å². The molecule has 3 aromatic rings. The van der Waals surface area contributed by atoms with Crippen LogP contribution in [0.1, 0.15) is 18.1 Å². The van der Waals surface area contributed by atoms with Gasteiger partial charge in [-0.2, -0.15) is 10.1 Å². The standard InChI is InChI=1S/C21H17N3OS/c1-14-7-6-8-16(11-14)12-18-15(2)23-24(20(18)25)21-22-19(13-26-21)17-9-4-3-5-10-17/h3-13H,1-2H3/b18-12+. The normalized spacial score (nSPS) is 15.6. The number of benzene rings is 2. The summed E-state index contributed by atoms with van der Waals surface area (Å²) in [6.45, 7) is 3.89. The van der Waals surface area contributed by atoms with Crippen LogP contribution in [0.5, 0.6) is 0 Å². The van der Waals surface area contributed by atoms with Crippen molar-refractivity contribution in [3.63, 3.8) is 0 Å². The molecule has 0 bridgehead atoms. The lowest BCUT2D eigenvalue weighted by molar-refractivity contribution is -0.114. The van der Waals surface area contributed by atoms with Crippen molar-refractivity contribution in [3.8, 4) is 11.3 Å². The summed E-state index contributed by atoms with van der Waals surface area (Å²) in [6.07, 6.45) is 1.89. The summed E-state index contributed by atoms with van der Waals surface area (Å²) in [7, 11) is 0. The zero-order chi connectivity index (χ0) is 18.1. The van der Waals surface area contributed by atoms with Gasteiger partial charge in [-0.25, -0.2) is 4.98 Å². The average molecular weight is 359 g/mol. The molecule has 0 fully saturated rings. The van der Waals surface area contributed by atoms with Crippen LogP contribution in [0, 0.1) is 6.92 Å². The molecule has 0 unspecified atom stereocenters. The molecule has 0 atom stereocenters. The molecule has 2 aromatic carbocycles. The summed E-state index contributed by atoms with van der Waals surface area (Å²) in [5, 5.41) is 8.36. The van der Waals surface area contributed by atoms with Crippen LogP contribution in [-0.4, -0.2) is 16.6 Å². The van der Waals surface area contributed by atoms with Gasteiger partial charge in [-0.1, -0.05) is 60.2 Å². The van der Waals surface area contributed by atoms with Gasteiger partial charge in [0.25, 0.3) is 5.91 Å². The highest BCUT2D eigenvalue weighted by Crippen LogP contribution is 2.31. The maximum atomic E-state index is 12.9. The Bertz CT molecular complexity index is 1030. The van der Waals surface area contributed by atoms with Crippen LogP contribution >= 0.6 is 11.3 Å². The third kappa shape index (κ3) is 3.09. The molecule has 0 spiro atoms. The van der Waals surface area contributed by atoms with Crippen molar-refractivity contribution in [2.75, 3.05) is 5.01 Å². The Hall–Kier alpha value is -3.05. The summed E-state index contributed by atoms with van der Waals surface area (Å²) in [5.41, 5.74) is 5.33. The fourth-order valence-corrected chi connectivity index (χ4v) is 3.62. The van der Waals surface area contributed by atoms with Crippen LogP contribution in [0.3, 0.4) is 0 Å². The molecule has 1 aliphatic rings. The Labute approximate surface area is 156 Å². The number of hydrazone groups is 1. The first-order chi connectivity index (χ1) is 12.6. The zero-order valence-corrected chi connectivity index (χ0v) is 15.3. The first-order valence-electron chi connectivity index (χ1n) is 8.31. The van der Waals surface area contributed by atoms with Crippen molar-refractivity contribution in [2.45, 2.75) is 13.8 Å². The minimum atomic E-state index is -0.141. The lowest BCUT2D eigenvalue weighted by Gasteiger charge is -2.07. The van der Waals surface area contributed by atoms with Gasteiger partial charge >= 0.3 is 0 Å². The molecule has 0 saturated heterocycles. The van der Waals surface area contributed by atoms with Crippen LogP contribution in [0.2, 0.25) is 0 Å². The van der Waals surface area contributed by atoms with Crippen molar-refractivity contribution in [2.24, 2.45) is 5.10 Å². The number of rotatable bonds is 3. The number of hydrogen-bond donors (Lipinski definition) is 0. The van der Waals surface area contributed by atoms with Gasteiger partial charge < -0.3 is 0 Å². The maximum absolute atomic E-state index is 12.9. The molecule has 4 rings (SSSR count). The Morgan fingerprint density at radius 2 is 1.85 bits per heavy atom. The number of thiazole rings is 1. The summed E-state index contributed by atoms with van der Waals surface area (Å²) in [4.78, 5) is 17.5. The molecule has 1 aliphatic heterocycles. The number of hydrogen-bond acceptors (Lipinski definition) is 4. The topological polar surface area (TPSA) is 45.6 Å². The third-order valence-electron chi connectivity index (χ3n) is 4.16. The van der Waals surface area contributed by atoms with Gasteiger partial charge in [-0.05, 0) is 25.5 Å². The quantitative estimate of drug-likeness (QED) is 0.623. The highest BCUT2D eigenvalue weighted by molar-refractivity contribution is 7.14. The van der Waals surface area contributed by atoms with E-state index in [2.05, 4.69) is 10.1 Å². The van der Waals surface area contributed by atoms with Crippen LogP contribution < -0.4 is 5.01 Å². The second-order valence-electron chi connectivity index (χ2n) is 6.16. The van der Waals surface area contributed by atoms with Gasteiger partial charge in [-0.15, -0.1) is 11.3 Å². The molecular weight excluding hydrogens is 342 g/mol. The summed E-state index contributed by atoms with van der Waals surface area (Å²) in [6, 6.07) is 18.0. The number of anilines is 1. The average Bonchev–Trinajstić information content (AvgIpc) is 3.23. The van der Waals surface area contributed by atoms with E-state index in [9.17, 15) is 4.79 Å². The van der Waals surface area contributed by atoms with E-state index in [1.807, 2.05) is 79.9 Å². The molecule has 1 aromatic heterocycles. The van der Waals surface area contributed by atoms with E-state index in [4.69, 9.17) is 0 Å². The second-order valence-corrected chi connectivity index (χ2v) is 6.99. The minimum absolute atomic E-state index is 0.141. The van der Waals surface area contributed by atoms with Crippen molar-refractivity contribution in [3.05, 3.63) is 76.7 Å². The maximum Gasteiger partial charge on any atom is 0.282 e. The number of amides is 1. The van der Waals surface area contributed by atoms with Gasteiger partial charge in [0, 0.05) is 10.9 Å². The van der Waals surface area contributed by atoms with Crippen LogP contribution in [0.15, 0.2) is 70.7 Å². The first-order valence-corrected chi connectivity index (χ1v) is 9.19. The van der Waals surface area contributed by atoms with Gasteiger partial charge in [0.15, 0.2) is 0 Å². The molecule has 0 saturated carbocycles. The molecule has 0 N–H and O–H groups in total. The van der Waals surface area contributed by atoms with Crippen molar-refractivity contribution >= 4 is 34.2 Å². The molecule has 5 heteroatoms. The van der Waals surface area contributed by atoms with Gasteiger partial charge in [0.1, 0.15) is 0 Å². The number of aryl methyl sites for hydroxylation is 1. The molecule has 1 amide bonds. The zero-order valence-electron chi connectivity index (χ0n) is 14.5. The van der Waals surface area contributed by atoms with Crippen molar-refractivity contribution in [1.29, 1.82) is 0 Å². The molecule has 128 valence electrons. The van der Waals surface area contributed by atoms with Crippen LogP contribution in [0.4, 0.5) is 5.13 Å². The van der Waals surface area contributed by atoms with Gasteiger partial charge in [0.2, 0.25) is 5.13 Å². The predicted molar refractivity (Wildman–Crippen MR) is 107 cm³/mol. The fourth-order valence-electron chi connectivity index (χ4n) is 2.84. The van der Waals surface area contributed by atoms with Crippen LogP contribution in [0.25, 0.3) is 17.3 Å². The number of aromatic nitrogens is 1. The molecule has 4 nitrogen and oxygen atoms in total. The van der Waals surface area contributed by atoms with E-state index in [1.54, 1.807) is 0 Å². The summed E-state index contributed by atoms with van der Waals surface area (Å²) in [5.74, 6) is -0.141. The van der Waals surface area contributed by atoms with E-state index in [0.717, 1.165) is 22.4 Å². The number of carbonyl (C=O) groups is 1. The van der Waals surface area contributed by atoms with Crippen LogP contribution in [-0.2, 0) is 4.79 Å². The highest BCUT2D eigenvalue weighted by atomic mass is 32.1. The number of nitrogens with zero attached hydrogens (tertiary/aromatic N) is 3. The van der Waals surface area contributed by atoms with E-state index in [0.29, 0.717) is 16.4 Å². The van der Waals surface area contributed by atoms with Crippen molar-refractivity contribution < 1.29 is 4.79 Å². The van der Waals surface area contributed by atoms with E-state index < -0.39 is 0 Å². The molecule has 0 radical (unpaired) electrons. The molecule has 2 heterocycles. The molecular formula is C21H17N3OS. The SMILES string of the molecule is CC1=NN(c2nc(-c3ccccc3)cs2)C(=O)/C1=C/c1cccc(C)c1. The highest BCUT2D eigenvalue weighted by Gasteiger charge is 2.30. The molecule has 26 heavy (non-hydrogen) atoms. The van der Waals surface area contributed by atoms with E-state index in [-0.39, 0.29) is 5.91 Å². The molecule has 0 aliphatic carbocycles. The smallest absolute Gasteiger partial charge is 0.267 e. The lowest BCUT2D eigenvalue weighted by atomic mass is 10.1. The Balaban J connectivity index is 1.64. The minimum Gasteiger partial charge on any atom is -0.267 e. The summed E-state index contributed by atoms with van der Waals surface area (Å²) >= 11 is 1.42. The Kier molecular flexibility index (Phi) is 4.22. The Morgan fingerprint density at radius 3 is 2.62 bits per heavy atom. The summed E-state index contributed by atoms with van der Waals surface area (Å²) < 4.78 is 0. The monoisotopic (exact) mass is 359 g/mol. The fraction of sp³-hybridized carbons (Fsp3) is 0.0952. The largest absolute Gasteiger partial charge is 0.282 e. The lowest BCUT2D eigenvalue weighted by Crippen LogP contribution is -2.21. The van der Waals surface area contributed by atoms with E-state index in [1.165, 1.54) is 16.3 Å². The first kappa shape index (κ1) is 16.4. The van der Waals surface area contributed by atoms with Crippen molar-refractivity contribution in [1.82, 2.24) is 4.98 Å². The third-order valence-corrected chi connectivity index (χ3v) is 4.97. The number of carbonyl (C=O) groups excluding carboxylic acids is 1. The van der Waals surface area contributed by atoms with Gasteiger partial charge in [0.05, 0.1) is 17.0 Å².